The van der Waals surface area contributed by atoms with Crippen molar-refractivity contribution in [3.63, 3.8) is 0 Å². The van der Waals surface area contributed by atoms with Crippen LogP contribution in [0.25, 0.3) is 0 Å². The van der Waals surface area contributed by atoms with E-state index in [9.17, 15) is 84.0 Å². The number of aliphatic hydroxyl groups is 4. The molecule has 0 aromatic heterocycles. The predicted molar refractivity (Wildman–Crippen MR) is 502 cm³/mol. The van der Waals surface area contributed by atoms with Crippen LogP contribution in [0.15, 0.2) is 124 Å². The highest BCUT2D eigenvalue weighted by molar-refractivity contribution is 7.91. The number of carbonyl (C=O) groups is 8. The minimum atomic E-state index is -3.82. The minimum Gasteiger partial charge on any atom is -0.382 e. The molecule has 0 saturated carbocycles. The van der Waals surface area contributed by atoms with Gasteiger partial charge in [-0.15, -0.1) is 10.1 Å². The van der Waals surface area contributed by atoms with E-state index in [0.717, 1.165) is 56.6 Å². The number of ketones is 1. The molecule has 0 aliphatic carbocycles. The van der Waals surface area contributed by atoms with Crippen molar-refractivity contribution in [1.29, 1.82) is 0 Å². The molecule has 0 bridgehead atoms. The molecule has 0 radical (unpaired) electrons. The van der Waals surface area contributed by atoms with Crippen LogP contribution in [0.1, 0.15) is 113 Å². The number of hydrogen-bond donors (Lipinski definition) is 8. The lowest BCUT2D eigenvalue weighted by Gasteiger charge is -2.33. The Kier molecular flexibility index (Phi) is 46.5. The second kappa shape index (κ2) is 56.4. The number of ether oxygens (including phenoxy) is 9. The van der Waals surface area contributed by atoms with E-state index in [1.54, 1.807) is 72.8 Å². The number of benzene rings is 6. The summed E-state index contributed by atoms with van der Waals surface area (Å²) in [5, 5.41) is 45.6. The topological polar surface area (TPSA) is 500 Å². The summed E-state index contributed by atoms with van der Waals surface area (Å²) < 4.78 is 133. The van der Waals surface area contributed by atoms with Crippen molar-refractivity contribution in [1.82, 2.24) is 39.6 Å². The van der Waals surface area contributed by atoms with Crippen molar-refractivity contribution in [2.24, 2.45) is 5.73 Å². The number of nitrogens with zero attached hydrogens (tertiary/aromatic N) is 5. The fourth-order valence-electron chi connectivity index (χ4n) is 15.0. The van der Waals surface area contributed by atoms with Gasteiger partial charge in [0.2, 0.25) is 20.0 Å². The summed E-state index contributed by atoms with van der Waals surface area (Å²) in [6.45, 7) is 9.89. The predicted octanol–water partition coefficient (Wildman–Crippen LogP) is 5.66. The van der Waals surface area contributed by atoms with E-state index in [1.807, 2.05) is 57.5 Å². The van der Waals surface area contributed by atoms with Crippen molar-refractivity contribution < 1.29 is 136 Å². The normalized spacial score (nSPS) is 17.4. The third-order valence-corrected chi connectivity index (χ3v) is 28.2. The van der Waals surface area contributed by atoms with Crippen molar-refractivity contribution in [2.45, 2.75) is 121 Å². The Hall–Kier alpha value is -7.49. The van der Waals surface area contributed by atoms with Gasteiger partial charge in [0.05, 0.1) is 126 Å². The van der Waals surface area contributed by atoms with Gasteiger partial charge in [0.1, 0.15) is 6.10 Å². The lowest BCUT2D eigenvalue weighted by molar-refractivity contribution is -0.216. The van der Waals surface area contributed by atoms with E-state index in [0.29, 0.717) is 109 Å². The zero-order chi connectivity index (χ0) is 99.5. The number of hydroxylamine groups is 4. The number of aliphatic hydroxyl groups excluding tert-OH is 4. The standard InChI is InChI=1S/C54H70Cl4N4O14S2.C24H33Cl2N3O5S.C12H12N2O10/c1-61-33-45(43-29-39(55)31-49(57)47(43)35-61)37-7-3-9-41(27-37)77(67,68)26-6-15-72-19-23-75-22-18-71-14-5-11-51(63)52(64)53(65)54(66)59-12-16-73-20-24-76-25-21-74-17-13-60-78(69,70)42-10-4-8-38(28-42)46-34-62(2)36-48-44(46)30-40(56)32-50(48)58;1-29-16-22(21-14-19(25)15-24(26)23(21)17-29)18-3-2-4-20(13-18)35(30,31)28-6-8-33-10-12-34-11-9-32-7-5-27;15-5-1-2-6(16)13(5)23-11(21)9(19)10(20)12(22)24-14-7(17)3-4-8(14)18/h3-4,7-10,27-32,45-46,52-53,60,64-65H,5-6,11-26,33-36H2,1-2H3,(H,59,66);2-4,13-15,22,28H,5-12,16-17,27H2,1H3;9-10,19-20H,1-4H2. The lowest BCUT2D eigenvalue weighted by atomic mass is 9.85. The molecule has 6 aromatic carbocycles. The smallest absolute Gasteiger partial charge is 0.364 e. The van der Waals surface area contributed by atoms with Crippen LogP contribution in [0.3, 0.4) is 0 Å². The zero-order valence-corrected chi connectivity index (χ0v) is 82.7. The number of imide groups is 2. The summed E-state index contributed by atoms with van der Waals surface area (Å²) in [5.41, 5.74) is 13.9. The number of nitrogens with two attached hydrogens (primary N) is 1. The molecule has 47 heteroatoms. The SMILES string of the molecule is CN1Cc2c(Cl)cc(Cl)cc2C(c2cccc(S(=O)(=O)CCCOCCOCCOCCCC(=O)C(O)C(O)C(=O)NCCOCCOCCOCCNS(=O)(=O)c3cccc(C4CN(C)Cc5c(Cl)cc(Cl)cc54)c3)c2)C1.CN1Cc2c(Cl)cc(Cl)cc2C(c2cccc(S(=O)(=O)NCCOCCOCCOCCN)c2)C1.O=C(ON1C(=O)CCC1=O)C(O)C(O)C(=O)ON1C(=O)CCC1=O. The number of nitrogens with one attached hydrogen (secondary N) is 3. The van der Waals surface area contributed by atoms with E-state index in [2.05, 4.69) is 39.1 Å². The third kappa shape index (κ3) is 35.0. The number of Topliss-reactive ketones (excluding diaryl/α,β-unsaturated/α-hetero) is 1. The first-order valence-electron chi connectivity index (χ1n) is 44.0. The monoisotopic (exact) mass is 2090 g/mol. The Labute approximate surface area is 825 Å². The second-order valence-electron chi connectivity index (χ2n) is 32.2. The van der Waals surface area contributed by atoms with Gasteiger partial charge in [-0.3, -0.25) is 28.8 Å². The molecule has 754 valence electrons. The highest BCUT2D eigenvalue weighted by atomic mass is 35.5. The molecule has 6 aromatic rings. The van der Waals surface area contributed by atoms with E-state index >= 15 is 0 Å². The highest BCUT2D eigenvalue weighted by Crippen LogP contribution is 2.43. The van der Waals surface area contributed by atoms with Crippen LogP contribution >= 0.6 is 69.6 Å². The summed E-state index contributed by atoms with van der Waals surface area (Å²) in [5.74, 6) is -8.58. The maximum atomic E-state index is 13.3. The van der Waals surface area contributed by atoms with Gasteiger partial charge >= 0.3 is 11.9 Å². The molecule has 5 amide bonds. The van der Waals surface area contributed by atoms with Gasteiger partial charge < -0.3 is 98.5 Å². The molecular formula is C90H115Cl6N9O29S3. The average Bonchev–Trinajstić information content (AvgIpc) is 1.13. The van der Waals surface area contributed by atoms with Gasteiger partial charge in [0.15, 0.2) is 33.9 Å². The largest absolute Gasteiger partial charge is 0.382 e. The van der Waals surface area contributed by atoms with Crippen LogP contribution in [0.4, 0.5) is 0 Å². The molecule has 7 atom stereocenters. The molecule has 5 aliphatic rings. The molecular weight excluding hydrogens is 1980 g/mol. The highest BCUT2D eigenvalue weighted by Gasteiger charge is 2.43. The molecule has 0 spiro atoms. The maximum Gasteiger partial charge on any atom is 0.364 e. The first kappa shape index (κ1) is 113. The number of hydrogen-bond acceptors (Lipinski definition) is 33. The number of sulfonamides is 2. The number of sulfone groups is 1. The average molecular weight is 2100 g/mol. The number of fused-ring (bicyclic) bond motifs is 3. The summed E-state index contributed by atoms with van der Waals surface area (Å²) in [6, 6.07) is 31.8. The van der Waals surface area contributed by atoms with Crippen LogP contribution in [-0.4, -0.2) is 334 Å². The molecule has 5 heterocycles. The van der Waals surface area contributed by atoms with Crippen LogP contribution in [0.2, 0.25) is 30.1 Å². The summed E-state index contributed by atoms with van der Waals surface area (Å²) in [6.07, 6.45) is -9.20. The van der Waals surface area contributed by atoms with Crippen molar-refractivity contribution >= 4 is 147 Å². The number of halogens is 6. The summed E-state index contributed by atoms with van der Waals surface area (Å²) >= 11 is 38.4. The fourth-order valence-corrected chi connectivity index (χ4v) is 20.2. The summed E-state index contributed by atoms with van der Waals surface area (Å²) in [7, 11) is -5.07. The third-order valence-electron chi connectivity index (χ3n) is 21.8. The quantitative estimate of drug-likeness (QED) is 0.0168. The van der Waals surface area contributed by atoms with Crippen molar-refractivity contribution in [3.8, 4) is 0 Å². The van der Waals surface area contributed by atoms with Gasteiger partial charge in [-0.1, -0.05) is 106 Å². The number of rotatable bonds is 53. The number of likely N-dealkylation sites (N-methyl/N-ethyl adjacent to an activating group) is 3. The fraction of sp³-hybridized carbons (Fsp3) is 0.511. The van der Waals surface area contributed by atoms with Crippen molar-refractivity contribution in [3.05, 3.63) is 189 Å². The van der Waals surface area contributed by atoms with Gasteiger partial charge in [0.25, 0.3) is 29.5 Å². The van der Waals surface area contributed by atoms with E-state index in [4.69, 9.17) is 118 Å². The van der Waals surface area contributed by atoms with E-state index in [1.165, 1.54) is 0 Å². The van der Waals surface area contributed by atoms with Gasteiger partial charge in [-0.25, -0.2) is 44.3 Å². The Balaban J connectivity index is 0.000000289. The molecule has 137 heavy (non-hydrogen) atoms. The van der Waals surface area contributed by atoms with Crippen LogP contribution in [-0.2, 0) is 140 Å². The first-order valence-corrected chi connectivity index (χ1v) is 50.9. The molecule has 5 aliphatic heterocycles. The van der Waals surface area contributed by atoms with Crippen LogP contribution < -0.4 is 20.5 Å². The maximum absolute atomic E-state index is 13.3. The Bertz CT molecular complexity index is 5180. The molecule has 11 rings (SSSR count). The molecule has 38 nitrogen and oxygen atoms in total. The minimum absolute atomic E-state index is 0.0151. The Morgan fingerprint density at radius 3 is 1.07 bits per heavy atom. The lowest BCUT2D eigenvalue weighted by Crippen LogP contribution is -2.47. The molecule has 7 unspecified atom stereocenters. The first-order chi connectivity index (χ1) is 65.4. The number of carbonyl (C=O) groups excluding carboxylic acids is 8. The van der Waals surface area contributed by atoms with E-state index in [-0.39, 0.29) is 192 Å². The van der Waals surface area contributed by atoms with Gasteiger partial charge in [-0.05, 0) is 157 Å². The molecule has 9 N–H and O–H groups in total. The van der Waals surface area contributed by atoms with E-state index < -0.39 is 102 Å². The Morgan fingerprint density at radius 2 is 0.715 bits per heavy atom. The second-order valence-corrected chi connectivity index (χ2v) is 40.4. The van der Waals surface area contributed by atoms with Crippen LogP contribution in [0.5, 0.6) is 0 Å². The molecule has 2 fully saturated rings. The number of amides is 5. The van der Waals surface area contributed by atoms with Gasteiger partial charge in [0, 0.05) is 159 Å². The van der Waals surface area contributed by atoms with Crippen molar-refractivity contribution in [2.75, 3.05) is 192 Å². The zero-order valence-electron chi connectivity index (χ0n) is 75.7. The summed E-state index contributed by atoms with van der Waals surface area (Å²) in [4.78, 5) is 109. The molecule has 2 saturated heterocycles. The van der Waals surface area contributed by atoms with Crippen LogP contribution in [0, 0.1) is 0 Å². The Morgan fingerprint density at radius 1 is 0.401 bits per heavy atom. The van der Waals surface area contributed by atoms with Gasteiger partial charge in [-0.2, -0.15) is 0 Å².